The number of rotatable bonds is 5. The van der Waals surface area contributed by atoms with Crippen LogP contribution in [0.15, 0.2) is 17.9 Å². The van der Waals surface area contributed by atoms with Gasteiger partial charge in [-0.25, -0.2) is 20.8 Å². The van der Waals surface area contributed by atoms with Crippen molar-refractivity contribution < 1.29 is 0 Å². The SMILES string of the molecule is Cc1c(NN)ncnc1NCCc1nccs1. The first-order valence-corrected chi connectivity index (χ1v) is 6.09. The molecule has 0 aromatic carbocycles. The summed E-state index contributed by atoms with van der Waals surface area (Å²) in [6.07, 6.45) is 4.17. The van der Waals surface area contributed by atoms with E-state index in [1.807, 2.05) is 18.5 Å². The molecule has 2 rings (SSSR count). The fourth-order valence-corrected chi connectivity index (χ4v) is 2.06. The highest BCUT2D eigenvalue weighted by Gasteiger charge is 2.05. The summed E-state index contributed by atoms with van der Waals surface area (Å²) in [5.74, 6) is 6.78. The third kappa shape index (κ3) is 2.89. The Morgan fingerprint density at radius 1 is 1.29 bits per heavy atom. The van der Waals surface area contributed by atoms with E-state index in [2.05, 4.69) is 25.7 Å². The summed E-state index contributed by atoms with van der Waals surface area (Å²) in [7, 11) is 0. The van der Waals surface area contributed by atoms with Gasteiger partial charge in [0.25, 0.3) is 0 Å². The third-order valence-corrected chi connectivity index (χ3v) is 3.17. The van der Waals surface area contributed by atoms with Crippen molar-refractivity contribution in [2.24, 2.45) is 5.84 Å². The highest BCUT2D eigenvalue weighted by atomic mass is 32.1. The molecule has 0 atom stereocenters. The predicted molar refractivity (Wildman–Crippen MR) is 68.9 cm³/mol. The average molecular weight is 250 g/mol. The fourth-order valence-electron chi connectivity index (χ4n) is 1.44. The molecule has 2 aromatic heterocycles. The molecular formula is C10H14N6S. The van der Waals surface area contributed by atoms with E-state index >= 15 is 0 Å². The topological polar surface area (TPSA) is 88.8 Å². The van der Waals surface area contributed by atoms with E-state index in [1.54, 1.807) is 11.3 Å². The highest BCUT2D eigenvalue weighted by molar-refractivity contribution is 7.09. The fraction of sp³-hybridized carbons (Fsp3) is 0.300. The van der Waals surface area contributed by atoms with Crippen molar-refractivity contribution in [3.8, 4) is 0 Å². The molecule has 0 saturated heterocycles. The Kier molecular flexibility index (Phi) is 3.84. The molecule has 0 amide bonds. The molecule has 0 aliphatic heterocycles. The maximum Gasteiger partial charge on any atom is 0.148 e. The van der Waals surface area contributed by atoms with Crippen LogP contribution >= 0.6 is 11.3 Å². The van der Waals surface area contributed by atoms with Crippen LogP contribution < -0.4 is 16.6 Å². The first-order valence-electron chi connectivity index (χ1n) is 5.21. The van der Waals surface area contributed by atoms with Crippen LogP contribution in [0.25, 0.3) is 0 Å². The largest absolute Gasteiger partial charge is 0.369 e. The zero-order chi connectivity index (χ0) is 12.1. The molecule has 17 heavy (non-hydrogen) atoms. The first-order chi connectivity index (χ1) is 8.31. The minimum absolute atomic E-state index is 0.636. The van der Waals surface area contributed by atoms with Gasteiger partial charge in [0.2, 0.25) is 0 Å². The lowest BCUT2D eigenvalue weighted by molar-refractivity contribution is 0.975. The van der Waals surface area contributed by atoms with Crippen molar-refractivity contribution in [2.75, 3.05) is 17.3 Å². The number of nitrogens with zero attached hydrogens (tertiary/aromatic N) is 3. The van der Waals surface area contributed by atoms with Gasteiger partial charge in [-0.2, -0.15) is 0 Å². The molecule has 0 saturated carbocycles. The monoisotopic (exact) mass is 250 g/mol. The van der Waals surface area contributed by atoms with E-state index in [0.717, 1.165) is 29.4 Å². The van der Waals surface area contributed by atoms with E-state index in [9.17, 15) is 0 Å². The van der Waals surface area contributed by atoms with Crippen LogP contribution in [0.1, 0.15) is 10.6 Å². The molecule has 4 N–H and O–H groups in total. The Morgan fingerprint density at radius 3 is 2.82 bits per heavy atom. The number of anilines is 2. The van der Waals surface area contributed by atoms with E-state index < -0.39 is 0 Å². The number of hydrazine groups is 1. The molecule has 0 fully saturated rings. The van der Waals surface area contributed by atoms with Crippen molar-refractivity contribution in [2.45, 2.75) is 13.3 Å². The summed E-state index contributed by atoms with van der Waals surface area (Å²) in [5.41, 5.74) is 3.45. The predicted octanol–water partition coefficient (Wildman–Crippen LogP) is 1.18. The van der Waals surface area contributed by atoms with Crippen LogP contribution in [0, 0.1) is 6.92 Å². The minimum Gasteiger partial charge on any atom is -0.369 e. The van der Waals surface area contributed by atoms with Gasteiger partial charge < -0.3 is 10.7 Å². The summed E-state index contributed by atoms with van der Waals surface area (Å²) in [6.45, 7) is 2.70. The number of aromatic nitrogens is 3. The summed E-state index contributed by atoms with van der Waals surface area (Å²) in [6, 6.07) is 0. The molecule has 0 aliphatic rings. The second-order valence-corrected chi connectivity index (χ2v) is 4.42. The van der Waals surface area contributed by atoms with Crippen molar-refractivity contribution in [1.82, 2.24) is 15.0 Å². The average Bonchev–Trinajstić information content (AvgIpc) is 2.84. The lowest BCUT2D eigenvalue weighted by Crippen LogP contribution is -2.13. The lowest BCUT2D eigenvalue weighted by Gasteiger charge is -2.09. The van der Waals surface area contributed by atoms with Crippen LogP contribution in [-0.2, 0) is 6.42 Å². The van der Waals surface area contributed by atoms with Crippen LogP contribution in [0.3, 0.4) is 0 Å². The summed E-state index contributed by atoms with van der Waals surface area (Å²) in [5, 5.41) is 6.33. The van der Waals surface area contributed by atoms with Gasteiger partial charge in [0.1, 0.15) is 18.0 Å². The van der Waals surface area contributed by atoms with Crippen LogP contribution in [-0.4, -0.2) is 21.5 Å². The number of hydrogen-bond acceptors (Lipinski definition) is 7. The van der Waals surface area contributed by atoms with E-state index in [4.69, 9.17) is 5.84 Å². The molecule has 6 nitrogen and oxygen atoms in total. The zero-order valence-electron chi connectivity index (χ0n) is 9.47. The standard InChI is InChI=1S/C10H14N6S/c1-7-9(14-6-15-10(7)16-11)13-3-2-8-12-4-5-17-8/h4-6H,2-3,11H2,1H3,(H2,13,14,15,16). The molecule has 2 heterocycles. The second-order valence-electron chi connectivity index (χ2n) is 3.44. The van der Waals surface area contributed by atoms with Crippen molar-refractivity contribution in [1.29, 1.82) is 0 Å². The first kappa shape index (κ1) is 11.7. The quantitative estimate of drug-likeness (QED) is 0.545. The van der Waals surface area contributed by atoms with Gasteiger partial charge in [0.05, 0.1) is 5.01 Å². The molecule has 0 unspecified atom stereocenters. The number of thiazole rings is 1. The summed E-state index contributed by atoms with van der Waals surface area (Å²) >= 11 is 1.65. The maximum atomic E-state index is 5.35. The lowest BCUT2D eigenvalue weighted by atomic mass is 10.3. The van der Waals surface area contributed by atoms with E-state index in [1.165, 1.54) is 6.33 Å². The number of nitrogen functional groups attached to an aromatic ring is 1. The summed E-state index contributed by atoms with van der Waals surface area (Å²) in [4.78, 5) is 12.4. The molecular weight excluding hydrogens is 236 g/mol. The van der Waals surface area contributed by atoms with Crippen LogP contribution in [0.5, 0.6) is 0 Å². The third-order valence-electron chi connectivity index (χ3n) is 2.34. The molecule has 90 valence electrons. The van der Waals surface area contributed by atoms with Gasteiger partial charge >= 0.3 is 0 Å². The number of hydrogen-bond donors (Lipinski definition) is 3. The van der Waals surface area contributed by atoms with Gasteiger partial charge in [-0.3, -0.25) is 0 Å². The van der Waals surface area contributed by atoms with Crippen molar-refractivity contribution in [3.63, 3.8) is 0 Å². The number of nitrogens with one attached hydrogen (secondary N) is 2. The zero-order valence-corrected chi connectivity index (χ0v) is 10.3. The molecule has 0 aliphatic carbocycles. The minimum atomic E-state index is 0.636. The van der Waals surface area contributed by atoms with Gasteiger partial charge in [0.15, 0.2) is 0 Å². The number of nitrogens with two attached hydrogens (primary N) is 1. The van der Waals surface area contributed by atoms with Crippen molar-refractivity contribution in [3.05, 3.63) is 28.5 Å². The van der Waals surface area contributed by atoms with E-state index in [-0.39, 0.29) is 0 Å². The molecule has 0 radical (unpaired) electrons. The Balaban J connectivity index is 1.95. The van der Waals surface area contributed by atoms with E-state index in [0.29, 0.717) is 5.82 Å². The second kappa shape index (κ2) is 5.55. The van der Waals surface area contributed by atoms with Crippen molar-refractivity contribution >= 4 is 23.0 Å². The Morgan fingerprint density at radius 2 is 2.12 bits per heavy atom. The van der Waals surface area contributed by atoms with Gasteiger partial charge in [-0.15, -0.1) is 11.3 Å². The Bertz CT molecular complexity index is 470. The van der Waals surface area contributed by atoms with Gasteiger partial charge in [0, 0.05) is 30.1 Å². The molecule has 0 bridgehead atoms. The normalized spacial score (nSPS) is 10.2. The maximum absolute atomic E-state index is 5.35. The van der Waals surface area contributed by atoms with Gasteiger partial charge in [-0.05, 0) is 6.92 Å². The Hall–Kier alpha value is -1.73. The summed E-state index contributed by atoms with van der Waals surface area (Å²) < 4.78 is 0. The van der Waals surface area contributed by atoms with Crippen LogP contribution in [0.2, 0.25) is 0 Å². The molecule has 7 heteroatoms. The molecule has 0 spiro atoms. The van der Waals surface area contributed by atoms with Crippen LogP contribution in [0.4, 0.5) is 11.6 Å². The smallest absolute Gasteiger partial charge is 0.148 e. The molecule has 2 aromatic rings. The Labute approximate surface area is 103 Å². The van der Waals surface area contributed by atoms with Gasteiger partial charge in [-0.1, -0.05) is 0 Å². The highest BCUT2D eigenvalue weighted by Crippen LogP contribution is 2.16.